The molecule has 40 heavy (non-hydrogen) atoms. The Labute approximate surface area is 232 Å². The van der Waals surface area contributed by atoms with Gasteiger partial charge in [-0.2, -0.15) is 4.99 Å². The third-order valence-electron chi connectivity index (χ3n) is 6.52. The molecule has 4 N–H and O–H groups in total. The first-order valence-electron chi connectivity index (χ1n) is 12.9. The second-order valence-electron chi connectivity index (χ2n) is 9.28. The van der Waals surface area contributed by atoms with E-state index in [9.17, 15) is 24.3 Å². The van der Waals surface area contributed by atoms with Gasteiger partial charge in [-0.25, -0.2) is 9.59 Å². The normalized spacial score (nSPS) is 19.8. The number of Topliss-reactive ketones (excluding diaryl/α,β-unsaturated/α-hetero) is 1. The Hall–Kier alpha value is -4.10. The number of allylic oxidation sites excluding steroid dienone is 1. The number of carbonyl (C=O) groups is 4. The molecule has 2 heterocycles. The highest BCUT2D eigenvalue weighted by atomic mass is 16.5. The molecule has 0 spiro atoms. The molecule has 0 saturated carbocycles. The lowest BCUT2D eigenvalue weighted by Crippen LogP contribution is -2.54. The highest BCUT2D eigenvalue weighted by molar-refractivity contribution is 6.20. The number of aliphatic carboxylic acids is 1. The summed E-state index contributed by atoms with van der Waals surface area (Å²) in [6, 6.07) is 4.28. The molecule has 13 nitrogen and oxygen atoms in total. The van der Waals surface area contributed by atoms with E-state index in [1.54, 1.807) is 31.2 Å². The number of benzene rings is 1. The van der Waals surface area contributed by atoms with Gasteiger partial charge in [-0.1, -0.05) is 12.1 Å². The quantitative estimate of drug-likeness (QED) is 0.328. The molecule has 3 atom stereocenters. The molecule has 0 bridgehead atoms. The number of dihydropyridines is 1. The summed E-state index contributed by atoms with van der Waals surface area (Å²) < 4.78 is 15.8. The van der Waals surface area contributed by atoms with Crippen LogP contribution in [0.1, 0.15) is 25.3 Å². The van der Waals surface area contributed by atoms with Crippen molar-refractivity contribution >= 4 is 35.7 Å². The van der Waals surface area contributed by atoms with E-state index in [1.807, 2.05) is 0 Å². The molecule has 3 rings (SSSR count). The third kappa shape index (κ3) is 7.96. The van der Waals surface area contributed by atoms with Crippen molar-refractivity contribution in [3.63, 3.8) is 0 Å². The van der Waals surface area contributed by atoms with Crippen LogP contribution in [0.3, 0.4) is 0 Å². The summed E-state index contributed by atoms with van der Waals surface area (Å²) in [6.07, 6.45) is 0.519. The summed E-state index contributed by atoms with van der Waals surface area (Å²) in [7, 11) is 2.89. The summed E-state index contributed by atoms with van der Waals surface area (Å²) in [5.74, 6) is -2.34. The highest BCUT2D eigenvalue weighted by Gasteiger charge is 2.41. The van der Waals surface area contributed by atoms with Gasteiger partial charge in [-0.3, -0.25) is 14.6 Å². The van der Waals surface area contributed by atoms with E-state index >= 15 is 0 Å². The maximum atomic E-state index is 13.8. The van der Waals surface area contributed by atoms with Crippen LogP contribution in [-0.2, 0) is 30.3 Å². The van der Waals surface area contributed by atoms with Crippen molar-refractivity contribution in [1.82, 2.24) is 10.2 Å². The van der Waals surface area contributed by atoms with Gasteiger partial charge in [-0.05, 0) is 56.6 Å². The number of likely N-dealkylation sites (N-methyl/N-ethyl adjacent to an activating group) is 1. The zero-order chi connectivity index (χ0) is 29.2. The number of nitrogens with zero attached hydrogens (tertiary/aromatic N) is 3. The molecule has 216 valence electrons. The molecule has 0 aliphatic carbocycles. The molecule has 2 amide bonds. The minimum atomic E-state index is -1.79. The molecule has 2 aliphatic heterocycles. The number of carboxylic acid groups (broad SMARTS) is 1. The number of carboxylic acids is 1. The van der Waals surface area contributed by atoms with Gasteiger partial charge in [0, 0.05) is 19.7 Å². The number of hydrogen-bond acceptors (Lipinski definition) is 10. The first kappa shape index (κ1) is 30.4. The number of nitrogens with one attached hydrogen (secondary N) is 1. The molecule has 1 aromatic rings. The van der Waals surface area contributed by atoms with E-state index in [4.69, 9.17) is 19.9 Å². The van der Waals surface area contributed by atoms with Gasteiger partial charge in [-0.15, -0.1) is 0 Å². The van der Waals surface area contributed by atoms with Crippen LogP contribution in [0.25, 0.3) is 0 Å². The van der Waals surface area contributed by atoms with Crippen molar-refractivity contribution in [1.29, 1.82) is 0 Å². The SMILES string of the molecule is CCOC(=O)N=C1C=C(N)C=NC1C(=O)N(C)C(Cc1ccc(OC)cc1)C(=O)C(OC1CCNCC1)C(=O)O. The van der Waals surface area contributed by atoms with E-state index in [-0.39, 0.29) is 24.4 Å². The summed E-state index contributed by atoms with van der Waals surface area (Å²) in [6.45, 7) is 2.95. The summed E-state index contributed by atoms with van der Waals surface area (Å²) >= 11 is 0. The van der Waals surface area contributed by atoms with Gasteiger partial charge >= 0.3 is 12.1 Å². The fourth-order valence-corrected chi connectivity index (χ4v) is 4.37. The Morgan fingerprint density at radius 3 is 2.48 bits per heavy atom. The number of carbonyl (C=O) groups excluding carboxylic acids is 3. The molecule has 1 fully saturated rings. The summed E-state index contributed by atoms with van der Waals surface area (Å²) in [5, 5.41) is 13.1. The second kappa shape index (κ2) is 14.3. The number of piperidine rings is 1. The molecule has 1 saturated heterocycles. The lowest BCUT2D eigenvalue weighted by molar-refractivity contribution is -0.164. The number of ether oxygens (including phenoxy) is 3. The van der Waals surface area contributed by atoms with Crippen LogP contribution in [0.4, 0.5) is 4.79 Å². The molecule has 0 radical (unpaired) electrons. The topological polar surface area (TPSA) is 182 Å². The number of rotatable bonds is 11. The minimum absolute atomic E-state index is 0.0107. The summed E-state index contributed by atoms with van der Waals surface area (Å²) in [4.78, 5) is 60.9. The first-order chi connectivity index (χ1) is 19.1. The fourth-order valence-electron chi connectivity index (χ4n) is 4.37. The Morgan fingerprint density at radius 2 is 1.88 bits per heavy atom. The predicted molar refractivity (Wildman–Crippen MR) is 146 cm³/mol. The van der Waals surface area contributed by atoms with Crippen LogP contribution < -0.4 is 15.8 Å². The maximum absolute atomic E-state index is 13.8. The van der Waals surface area contributed by atoms with Gasteiger partial charge in [0.1, 0.15) is 5.75 Å². The monoisotopic (exact) mass is 557 g/mol. The van der Waals surface area contributed by atoms with Crippen molar-refractivity contribution in [2.45, 2.75) is 50.5 Å². The Balaban J connectivity index is 1.94. The molecular weight excluding hydrogens is 522 g/mol. The van der Waals surface area contributed by atoms with Crippen LogP contribution >= 0.6 is 0 Å². The fraction of sp³-hybridized carbons (Fsp3) is 0.481. The number of amides is 2. The van der Waals surface area contributed by atoms with E-state index in [0.717, 1.165) is 4.90 Å². The van der Waals surface area contributed by atoms with E-state index in [1.165, 1.54) is 26.4 Å². The molecule has 2 aliphatic rings. The molecule has 3 unspecified atom stereocenters. The van der Waals surface area contributed by atoms with E-state index < -0.39 is 48.0 Å². The van der Waals surface area contributed by atoms with Crippen LogP contribution in [0, 0.1) is 0 Å². The number of methoxy groups -OCH3 is 1. The zero-order valence-electron chi connectivity index (χ0n) is 22.7. The van der Waals surface area contributed by atoms with Crippen LogP contribution in [0.5, 0.6) is 5.75 Å². The van der Waals surface area contributed by atoms with Crippen LogP contribution in [-0.4, -0.2) is 104 Å². The molecule has 1 aromatic carbocycles. The summed E-state index contributed by atoms with van der Waals surface area (Å²) in [5.41, 5.74) is 6.57. The third-order valence-corrected chi connectivity index (χ3v) is 6.52. The number of ketones is 1. The van der Waals surface area contributed by atoms with Gasteiger partial charge in [0.2, 0.25) is 6.10 Å². The van der Waals surface area contributed by atoms with E-state index in [0.29, 0.717) is 37.2 Å². The van der Waals surface area contributed by atoms with Crippen molar-refractivity contribution in [3.05, 3.63) is 41.6 Å². The van der Waals surface area contributed by atoms with Crippen molar-refractivity contribution < 1.29 is 38.5 Å². The molecule has 13 heteroatoms. The zero-order valence-corrected chi connectivity index (χ0v) is 22.7. The highest BCUT2D eigenvalue weighted by Crippen LogP contribution is 2.20. The second-order valence-corrected chi connectivity index (χ2v) is 9.28. The minimum Gasteiger partial charge on any atom is -0.497 e. The standard InChI is InChI=1S/C27H35N5O8/c1-4-39-27(37)31-20-14-17(28)15-30-22(20)25(34)32(2)21(13-16-5-7-18(38-3)8-6-16)23(33)24(26(35)36)40-19-9-11-29-12-10-19/h5-8,14-15,19,21-22,24,29H,4,9-13,28H2,1-3H3,(H,35,36). The van der Waals surface area contributed by atoms with E-state index in [2.05, 4.69) is 15.3 Å². The average Bonchev–Trinajstić information content (AvgIpc) is 2.94. The smallest absolute Gasteiger partial charge is 0.433 e. The molecule has 0 aromatic heterocycles. The van der Waals surface area contributed by atoms with Crippen molar-refractivity contribution in [3.8, 4) is 5.75 Å². The number of nitrogens with two attached hydrogens (primary N) is 1. The van der Waals surface area contributed by atoms with Gasteiger partial charge in [0.05, 0.1) is 37.3 Å². The van der Waals surface area contributed by atoms with Gasteiger partial charge < -0.3 is 35.3 Å². The van der Waals surface area contributed by atoms with Gasteiger partial charge in [0.25, 0.3) is 5.91 Å². The van der Waals surface area contributed by atoms with Crippen LogP contribution in [0.2, 0.25) is 0 Å². The number of aliphatic imine (C=N–C) groups is 2. The predicted octanol–water partition coefficient (Wildman–Crippen LogP) is 0.749. The average molecular weight is 558 g/mol. The van der Waals surface area contributed by atoms with Crippen molar-refractivity contribution in [2.24, 2.45) is 15.7 Å². The lowest BCUT2D eigenvalue weighted by atomic mass is 9.96. The maximum Gasteiger partial charge on any atom is 0.433 e. The molecular formula is C27H35N5O8. The Kier molecular flexibility index (Phi) is 10.9. The first-order valence-corrected chi connectivity index (χ1v) is 12.9. The Bertz CT molecular complexity index is 1170. The number of hydrogen-bond donors (Lipinski definition) is 3. The van der Waals surface area contributed by atoms with Crippen molar-refractivity contribution in [2.75, 3.05) is 33.9 Å². The van der Waals surface area contributed by atoms with Gasteiger partial charge in [0.15, 0.2) is 11.8 Å². The lowest BCUT2D eigenvalue weighted by Gasteiger charge is -2.33. The Morgan fingerprint density at radius 1 is 1.20 bits per heavy atom. The van der Waals surface area contributed by atoms with Crippen LogP contribution in [0.15, 0.2) is 46.0 Å². The largest absolute Gasteiger partial charge is 0.497 e.